The SMILES string of the molecule is CC(=O)N1c2ccc(S(=O)(=O)NCCNC(=O)c3ccc(NC(=O)C4CCCC4)cc3)cc2CC1C. The molecule has 3 N–H and O–H groups in total. The second-order valence-corrected chi connectivity index (χ2v) is 11.2. The van der Waals surface area contributed by atoms with Crippen LogP contribution in [0.25, 0.3) is 0 Å². The maximum Gasteiger partial charge on any atom is 0.251 e. The third kappa shape index (κ3) is 5.76. The highest BCUT2D eigenvalue weighted by Crippen LogP contribution is 2.33. The molecule has 10 heteroatoms. The van der Waals surface area contributed by atoms with E-state index in [2.05, 4.69) is 15.4 Å². The molecule has 4 rings (SSSR count). The summed E-state index contributed by atoms with van der Waals surface area (Å²) in [6.07, 6.45) is 4.59. The van der Waals surface area contributed by atoms with Gasteiger partial charge in [0.2, 0.25) is 21.8 Å². The minimum Gasteiger partial charge on any atom is -0.351 e. The van der Waals surface area contributed by atoms with Gasteiger partial charge in [-0.1, -0.05) is 12.8 Å². The molecule has 0 saturated heterocycles. The number of benzene rings is 2. The quantitative estimate of drug-likeness (QED) is 0.469. The van der Waals surface area contributed by atoms with Crippen LogP contribution in [0.1, 0.15) is 55.5 Å². The second kappa shape index (κ2) is 10.8. The van der Waals surface area contributed by atoms with Crippen molar-refractivity contribution in [2.24, 2.45) is 5.92 Å². The normalized spacial score (nSPS) is 17.6. The standard InChI is InChI=1S/C26H32N4O5S/c1-17-15-21-16-23(11-12-24(21)30(17)18(2)31)36(34,35)28-14-13-27-25(32)20-7-9-22(10-8-20)29-26(33)19-5-3-4-6-19/h7-12,16-17,19,28H,3-6,13-15H2,1-2H3,(H,27,32)(H,29,33). The summed E-state index contributed by atoms with van der Waals surface area (Å²) in [6, 6.07) is 11.4. The molecule has 1 saturated carbocycles. The first kappa shape index (κ1) is 25.8. The molecule has 1 heterocycles. The average Bonchev–Trinajstić information content (AvgIpc) is 3.49. The van der Waals surface area contributed by atoms with E-state index in [0.29, 0.717) is 17.7 Å². The number of carbonyl (C=O) groups is 3. The number of hydrogen-bond donors (Lipinski definition) is 3. The maximum atomic E-state index is 12.7. The summed E-state index contributed by atoms with van der Waals surface area (Å²) in [4.78, 5) is 38.3. The number of sulfonamides is 1. The Morgan fingerprint density at radius 2 is 1.69 bits per heavy atom. The Morgan fingerprint density at radius 3 is 2.36 bits per heavy atom. The largest absolute Gasteiger partial charge is 0.351 e. The number of anilines is 2. The van der Waals surface area contributed by atoms with Crippen LogP contribution in [-0.2, 0) is 26.0 Å². The Bertz CT molecular complexity index is 1250. The van der Waals surface area contributed by atoms with E-state index in [1.54, 1.807) is 41.3 Å². The molecule has 1 unspecified atom stereocenters. The zero-order valence-corrected chi connectivity index (χ0v) is 21.4. The molecule has 2 aromatic rings. The highest BCUT2D eigenvalue weighted by atomic mass is 32.2. The molecule has 1 aliphatic carbocycles. The first-order valence-corrected chi connectivity index (χ1v) is 13.8. The Hall–Kier alpha value is -3.24. The van der Waals surface area contributed by atoms with Crippen molar-refractivity contribution in [3.8, 4) is 0 Å². The van der Waals surface area contributed by atoms with Gasteiger partial charge in [-0.25, -0.2) is 13.1 Å². The lowest BCUT2D eigenvalue weighted by atomic mass is 10.1. The Labute approximate surface area is 211 Å². The Kier molecular flexibility index (Phi) is 7.75. The van der Waals surface area contributed by atoms with Crippen molar-refractivity contribution in [3.05, 3.63) is 53.6 Å². The van der Waals surface area contributed by atoms with Gasteiger partial charge in [-0.15, -0.1) is 0 Å². The second-order valence-electron chi connectivity index (χ2n) is 9.43. The number of carbonyl (C=O) groups excluding carboxylic acids is 3. The molecule has 192 valence electrons. The van der Waals surface area contributed by atoms with E-state index in [4.69, 9.17) is 0 Å². The van der Waals surface area contributed by atoms with Gasteiger partial charge in [0.1, 0.15) is 0 Å². The smallest absolute Gasteiger partial charge is 0.251 e. The van der Waals surface area contributed by atoms with Crippen LogP contribution < -0.4 is 20.3 Å². The van der Waals surface area contributed by atoms with Gasteiger partial charge < -0.3 is 15.5 Å². The van der Waals surface area contributed by atoms with Gasteiger partial charge in [0.05, 0.1) is 4.90 Å². The Balaban J connectivity index is 1.26. The summed E-state index contributed by atoms with van der Waals surface area (Å²) in [6.45, 7) is 3.56. The summed E-state index contributed by atoms with van der Waals surface area (Å²) in [7, 11) is -3.77. The summed E-state index contributed by atoms with van der Waals surface area (Å²) in [5.41, 5.74) is 2.62. The van der Waals surface area contributed by atoms with Gasteiger partial charge in [0.15, 0.2) is 0 Å². The molecule has 36 heavy (non-hydrogen) atoms. The number of nitrogens with one attached hydrogen (secondary N) is 3. The molecule has 0 radical (unpaired) electrons. The lowest BCUT2D eigenvalue weighted by Crippen LogP contribution is -2.34. The van der Waals surface area contributed by atoms with Crippen LogP contribution in [0.5, 0.6) is 0 Å². The van der Waals surface area contributed by atoms with Crippen molar-refractivity contribution < 1.29 is 22.8 Å². The van der Waals surface area contributed by atoms with E-state index in [-0.39, 0.29) is 47.7 Å². The van der Waals surface area contributed by atoms with Gasteiger partial charge in [-0.3, -0.25) is 14.4 Å². The summed E-state index contributed by atoms with van der Waals surface area (Å²) >= 11 is 0. The molecular weight excluding hydrogens is 480 g/mol. The average molecular weight is 513 g/mol. The highest BCUT2D eigenvalue weighted by molar-refractivity contribution is 7.89. The Morgan fingerprint density at radius 1 is 1.00 bits per heavy atom. The van der Waals surface area contributed by atoms with Crippen molar-refractivity contribution in [1.29, 1.82) is 0 Å². The van der Waals surface area contributed by atoms with E-state index in [9.17, 15) is 22.8 Å². The van der Waals surface area contributed by atoms with Gasteiger partial charge in [0, 0.05) is 48.9 Å². The zero-order valence-electron chi connectivity index (χ0n) is 20.5. The fourth-order valence-corrected chi connectivity index (χ4v) is 6.02. The first-order valence-electron chi connectivity index (χ1n) is 12.3. The molecule has 2 aliphatic rings. The van der Waals surface area contributed by atoms with Crippen LogP contribution >= 0.6 is 0 Å². The third-order valence-electron chi connectivity index (χ3n) is 6.76. The molecule has 0 bridgehead atoms. The number of hydrogen-bond acceptors (Lipinski definition) is 5. The number of nitrogens with zero attached hydrogens (tertiary/aromatic N) is 1. The van der Waals surface area contributed by atoms with Crippen molar-refractivity contribution >= 4 is 39.1 Å². The van der Waals surface area contributed by atoms with Crippen LogP contribution in [0, 0.1) is 5.92 Å². The zero-order chi connectivity index (χ0) is 25.9. The number of amides is 3. The van der Waals surface area contributed by atoms with Gasteiger partial charge in [0.25, 0.3) is 5.91 Å². The minimum absolute atomic E-state index is 0.0174. The summed E-state index contributed by atoms with van der Waals surface area (Å²) in [5.74, 6) is -0.327. The van der Waals surface area contributed by atoms with Gasteiger partial charge in [-0.05, 0) is 74.2 Å². The highest BCUT2D eigenvalue weighted by Gasteiger charge is 2.30. The fourth-order valence-electron chi connectivity index (χ4n) is 4.94. The molecule has 0 spiro atoms. The van der Waals surface area contributed by atoms with E-state index in [0.717, 1.165) is 36.9 Å². The van der Waals surface area contributed by atoms with Gasteiger partial charge in [-0.2, -0.15) is 0 Å². The van der Waals surface area contributed by atoms with E-state index >= 15 is 0 Å². The van der Waals surface area contributed by atoms with Crippen molar-refractivity contribution in [2.75, 3.05) is 23.3 Å². The van der Waals surface area contributed by atoms with Crippen LogP contribution in [0.2, 0.25) is 0 Å². The third-order valence-corrected chi connectivity index (χ3v) is 8.22. The maximum absolute atomic E-state index is 12.7. The summed E-state index contributed by atoms with van der Waals surface area (Å²) in [5, 5.41) is 5.59. The molecule has 2 aromatic carbocycles. The van der Waals surface area contributed by atoms with Crippen LogP contribution in [-0.4, -0.2) is 45.3 Å². The topological polar surface area (TPSA) is 125 Å². The summed E-state index contributed by atoms with van der Waals surface area (Å²) < 4.78 is 28.0. The lowest BCUT2D eigenvalue weighted by Gasteiger charge is -2.20. The van der Waals surface area contributed by atoms with E-state index < -0.39 is 10.0 Å². The van der Waals surface area contributed by atoms with E-state index in [1.807, 2.05) is 6.92 Å². The molecule has 9 nitrogen and oxygen atoms in total. The monoisotopic (exact) mass is 512 g/mol. The lowest BCUT2D eigenvalue weighted by molar-refractivity contribution is -0.119. The van der Waals surface area contributed by atoms with Crippen molar-refractivity contribution in [1.82, 2.24) is 10.0 Å². The first-order chi connectivity index (χ1) is 17.2. The minimum atomic E-state index is -3.77. The molecule has 1 aliphatic heterocycles. The van der Waals surface area contributed by atoms with Crippen LogP contribution in [0.3, 0.4) is 0 Å². The van der Waals surface area contributed by atoms with Crippen molar-refractivity contribution in [3.63, 3.8) is 0 Å². The van der Waals surface area contributed by atoms with Crippen LogP contribution in [0.4, 0.5) is 11.4 Å². The van der Waals surface area contributed by atoms with Crippen molar-refractivity contribution in [2.45, 2.75) is 56.9 Å². The number of fused-ring (bicyclic) bond motifs is 1. The molecule has 1 atom stereocenters. The van der Waals surface area contributed by atoms with Gasteiger partial charge >= 0.3 is 0 Å². The molecule has 3 amide bonds. The number of rotatable bonds is 8. The predicted molar refractivity (Wildman–Crippen MR) is 137 cm³/mol. The van der Waals surface area contributed by atoms with E-state index in [1.165, 1.54) is 13.0 Å². The molecule has 0 aromatic heterocycles. The predicted octanol–water partition coefficient (Wildman–Crippen LogP) is 2.82. The fraction of sp³-hybridized carbons (Fsp3) is 0.423. The van der Waals surface area contributed by atoms with Crippen LogP contribution in [0.15, 0.2) is 47.4 Å². The molecular formula is C26H32N4O5S. The molecule has 1 fully saturated rings.